The van der Waals surface area contributed by atoms with E-state index in [-0.39, 0.29) is 78.9 Å². The monoisotopic (exact) mass is 1300 g/mol. The number of alkyl carbamates (subject to hydrolysis) is 1. The maximum Gasteiger partial charge on any atom is 0.411 e. The van der Waals surface area contributed by atoms with Gasteiger partial charge in [-0.15, -0.1) is 0 Å². The molecule has 1 fully saturated rings. The molecule has 2 heterocycles. The number of unbranched alkanes of at least 4 members (excludes halogenated alkanes) is 1. The molecule has 0 radical (unpaired) electrons. The number of methoxy groups -OCH3 is 1. The molecule has 3 aliphatic rings. The van der Waals surface area contributed by atoms with Crippen molar-refractivity contribution < 1.29 is 124 Å². The molecule has 0 unspecified atom stereocenters. The van der Waals surface area contributed by atoms with Crippen molar-refractivity contribution in [3.05, 3.63) is 147 Å². The van der Waals surface area contributed by atoms with E-state index in [2.05, 4.69) is 43.0 Å². The topological polar surface area (TPSA) is 415 Å². The number of quaternary nitrogens is 2. The van der Waals surface area contributed by atoms with E-state index in [0.717, 1.165) is 23.0 Å². The number of aliphatic hydroxyl groups is 3. The molecule has 0 spiro atoms. The van der Waals surface area contributed by atoms with Crippen LogP contribution >= 0.6 is 0 Å². The summed E-state index contributed by atoms with van der Waals surface area (Å²) in [5.74, 6) is -5.72. The van der Waals surface area contributed by atoms with E-state index in [1.807, 2.05) is 30.3 Å². The van der Waals surface area contributed by atoms with E-state index in [1.54, 1.807) is 55.5 Å². The highest BCUT2D eigenvalue weighted by Gasteiger charge is 2.50. The Labute approximate surface area is 533 Å². The average Bonchev–Trinajstić information content (AvgIpc) is 1.02. The minimum absolute atomic E-state index is 0. The van der Waals surface area contributed by atoms with Crippen molar-refractivity contribution in [3.63, 3.8) is 0 Å². The number of anilines is 2. The van der Waals surface area contributed by atoms with E-state index in [9.17, 15) is 63.9 Å². The zero-order valence-electron chi connectivity index (χ0n) is 49.8. The Morgan fingerprint density at radius 3 is 2.05 bits per heavy atom. The van der Waals surface area contributed by atoms with Gasteiger partial charge in [-0.3, -0.25) is 34.1 Å². The minimum Gasteiger partial charge on any atom is -1.00 e. The van der Waals surface area contributed by atoms with Crippen LogP contribution in [0, 0.1) is 0 Å². The van der Waals surface area contributed by atoms with Crippen LogP contribution in [0.25, 0.3) is 10.9 Å². The van der Waals surface area contributed by atoms with Crippen LogP contribution in [0.5, 0.6) is 17.2 Å². The first-order valence-electron chi connectivity index (χ1n) is 29.0. The maximum atomic E-state index is 14.1. The Morgan fingerprint density at radius 2 is 1.42 bits per heavy atom. The molecule has 486 valence electrons. The molecule has 28 heteroatoms. The average molecular weight is 1300 g/mol. The number of hydrogen-bond donors (Lipinski definition) is 13. The molecule has 0 saturated carbocycles. The summed E-state index contributed by atoms with van der Waals surface area (Å²) in [5, 5.41) is 70.9. The Hall–Kier alpha value is -8.70. The number of aromatic nitrogens is 1. The van der Waals surface area contributed by atoms with E-state index >= 15 is 0 Å². The number of phenols is 2. The summed E-state index contributed by atoms with van der Waals surface area (Å²) >= 11 is 0. The Bertz CT molecular complexity index is 3650. The maximum absolute atomic E-state index is 14.1. The first-order chi connectivity index (χ1) is 42.6. The predicted molar refractivity (Wildman–Crippen MR) is 316 cm³/mol. The fourth-order valence-electron chi connectivity index (χ4n) is 11.2. The molecule has 9 atom stereocenters. The van der Waals surface area contributed by atoms with Gasteiger partial charge in [-0.05, 0) is 92.1 Å². The van der Waals surface area contributed by atoms with Gasteiger partial charge in [0, 0.05) is 65.0 Å². The van der Waals surface area contributed by atoms with Crippen LogP contribution < -0.4 is 67.6 Å². The zero-order chi connectivity index (χ0) is 63.8. The molecule has 1 aliphatic heterocycles. The second-order valence-corrected chi connectivity index (χ2v) is 22.4. The number of aliphatic hydroxyl groups excluding tert-OH is 2. The van der Waals surface area contributed by atoms with E-state index in [0.29, 0.717) is 41.9 Å². The third-order valence-corrected chi connectivity index (χ3v) is 15.9. The number of ether oxygens (including phenoxy) is 5. The summed E-state index contributed by atoms with van der Waals surface area (Å²) in [7, 11) is 1.29. The number of amides is 5. The normalized spacial score (nSPS) is 19.9. The molecule has 9 rings (SSSR count). The van der Waals surface area contributed by atoms with Gasteiger partial charge >= 0.3 is 12.2 Å². The van der Waals surface area contributed by atoms with Crippen LogP contribution in [-0.4, -0.2) is 146 Å². The number of Topliss-reactive ketones (excluding diaryl/α,β-unsaturated/α-hetero) is 1. The number of halogens is 2. The standard InChI is InChI=1S/C63H70N8O18.2ClH/c1-31(65)58(79)70-44(24-38-23-35-9-4-5-11-41(35)66-38)60(81)69-42(12-6-7-22-64)59(80)67-36-18-14-33(15-19-36)29-86-61(82)68-37-20-16-34(17-21-37)30-87-62(83)71-43-25-48(88-32(2)53(43)74)89-46-27-63(84,47(73)28-72)26-40-50(46)57(78)52-51(55(40)76)54(75)39-10-8-13-45(85-3)49(39)56(52)77;;/h4-5,8-11,13-21,23,31-32,42-44,46,48,53,66,72,74,76,78,84H,6-7,12,22,24-30,64-65H2,1-3H3,(H,67,80)(H,68,82)(H,69,81)(H,70,79)(H,71,83);2*1H/t31-,32+,42+,43+,44+,46+,48+,53-,63+;;/m1../s1. The van der Waals surface area contributed by atoms with E-state index in [1.165, 1.54) is 32.2 Å². The lowest BCUT2D eigenvalue weighted by Crippen LogP contribution is -3.00. The number of benzene rings is 5. The van der Waals surface area contributed by atoms with Crippen molar-refractivity contribution in [2.75, 3.05) is 30.9 Å². The highest BCUT2D eigenvalue weighted by atomic mass is 35.5. The number of H-pyrrole nitrogens is 1. The Kier molecular flexibility index (Phi) is 23.3. The van der Waals surface area contributed by atoms with Crippen LogP contribution in [0.2, 0.25) is 0 Å². The van der Waals surface area contributed by atoms with Crippen molar-refractivity contribution >= 4 is 69.5 Å². The lowest BCUT2D eigenvalue weighted by Gasteiger charge is -2.42. The molecule has 17 N–H and O–H groups in total. The number of carbonyl (C=O) groups is 8. The van der Waals surface area contributed by atoms with Crippen LogP contribution in [0.3, 0.4) is 0 Å². The van der Waals surface area contributed by atoms with Gasteiger partial charge in [0.05, 0.1) is 48.6 Å². The third kappa shape index (κ3) is 15.9. The number of nitrogens with one attached hydrogen (secondary N) is 6. The molecular weight excluding hydrogens is 1230 g/mol. The summed E-state index contributed by atoms with van der Waals surface area (Å²) in [6, 6.07) is 23.0. The van der Waals surface area contributed by atoms with Crippen LogP contribution in [0.15, 0.2) is 97.1 Å². The highest BCUT2D eigenvalue weighted by molar-refractivity contribution is 6.31. The van der Waals surface area contributed by atoms with Crippen molar-refractivity contribution in [3.8, 4) is 17.2 Å². The van der Waals surface area contributed by atoms with Crippen LogP contribution in [0.1, 0.15) is 112 Å². The Morgan fingerprint density at radius 1 is 0.780 bits per heavy atom. The van der Waals surface area contributed by atoms with Crippen molar-refractivity contribution in [1.82, 2.24) is 20.9 Å². The van der Waals surface area contributed by atoms with Gasteiger partial charge in [0.1, 0.15) is 60.9 Å². The molecule has 1 saturated heterocycles. The highest BCUT2D eigenvalue weighted by Crippen LogP contribution is 2.52. The quantitative estimate of drug-likeness (QED) is 0.0217. The number of ketones is 3. The molecule has 26 nitrogen and oxygen atoms in total. The molecule has 6 aromatic rings. The molecule has 2 aliphatic carbocycles. The summed E-state index contributed by atoms with van der Waals surface area (Å²) < 4.78 is 28.4. The molecule has 5 amide bonds. The fraction of sp³-hybridized carbons (Fsp3) is 0.365. The second kappa shape index (κ2) is 30.4. The first kappa shape index (κ1) is 69.8. The summed E-state index contributed by atoms with van der Waals surface area (Å²) in [6.45, 7) is 2.23. The van der Waals surface area contributed by atoms with Crippen LogP contribution in [0.4, 0.5) is 21.0 Å². The number of hydrogen-bond acceptors (Lipinski definition) is 18. The number of phenolic OH excluding ortho intramolecular Hbond substituents is 2. The van der Waals surface area contributed by atoms with Crippen LogP contribution in [-0.2, 0) is 64.2 Å². The second-order valence-electron chi connectivity index (χ2n) is 22.4. The van der Waals surface area contributed by atoms with Crippen molar-refractivity contribution in [2.45, 2.75) is 126 Å². The van der Waals surface area contributed by atoms with Gasteiger partial charge in [0.15, 0.2) is 23.9 Å². The largest absolute Gasteiger partial charge is 1.00 e. The number of para-hydroxylation sites is 1. The summed E-state index contributed by atoms with van der Waals surface area (Å²) in [4.78, 5) is 111. The lowest BCUT2D eigenvalue weighted by atomic mass is 9.72. The first-order valence-corrected chi connectivity index (χ1v) is 29.0. The predicted octanol–water partition coefficient (Wildman–Crippen LogP) is -3.60. The molecule has 0 bridgehead atoms. The van der Waals surface area contributed by atoms with Gasteiger partial charge in [-0.1, -0.05) is 54.6 Å². The smallest absolute Gasteiger partial charge is 0.411 e. The molecule has 5 aromatic carbocycles. The summed E-state index contributed by atoms with van der Waals surface area (Å²) in [5.41, 5.74) is 6.79. The van der Waals surface area contributed by atoms with Gasteiger partial charge in [0.25, 0.3) is 5.91 Å². The zero-order valence-corrected chi connectivity index (χ0v) is 51.4. The Balaban J connectivity index is 0.00000588. The number of carbonyl (C=O) groups excluding carboxylic acids is 8. The van der Waals surface area contributed by atoms with Gasteiger partial charge in [0.2, 0.25) is 17.6 Å². The molecule has 1 aromatic heterocycles. The molecule has 91 heavy (non-hydrogen) atoms. The number of rotatable bonds is 23. The number of aromatic amines is 1. The van der Waals surface area contributed by atoms with Gasteiger partial charge in [-0.25, -0.2) is 9.59 Å². The lowest BCUT2D eigenvalue weighted by molar-refractivity contribution is -0.398. The SMILES string of the molecule is COc1cccc2c1C(=O)c1c(O)c3c(c(O)c1C2=O)C[C@@](O)(C(=O)CO)C[C@@H]3O[C@H]1C[C@H](NC(=O)OCc2ccc(NC(=O)OCc3ccc(NC(=O)[C@H](CCCC[NH3+])NC(=O)[C@H](Cc4cc5ccccc5[nH]4)NC(=O)[C@@H](C)[NH3+])cc3)cc2)[C@H](O)[C@H](C)O1.[Cl-].[Cl-]. The minimum atomic E-state index is -2.41. The summed E-state index contributed by atoms with van der Waals surface area (Å²) in [6.07, 6.45) is -6.76. The van der Waals surface area contributed by atoms with E-state index < -0.39 is 144 Å². The molecular formula is C63H72Cl2N8O18. The van der Waals surface area contributed by atoms with E-state index in [4.69, 9.17) is 23.7 Å². The van der Waals surface area contributed by atoms with Gasteiger partial charge in [-0.2, -0.15) is 0 Å². The van der Waals surface area contributed by atoms with Crippen molar-refractivity contribution in [2.24, 2.45) is 0 Å². The van der Waals surface area contributed by atoms with Gasteiger partial charge < -0.3 is 112 Å². The fourth-order valence-corrected chi connectivity index (χ4v) is 11.2. The number of fused-ring (bicyclic) bond motifs is 4. The third-order valence-electron chi connectivity index (χ3n) is 15.9. The van der Waals surface area contributed by atoms with Crippen molar-refractivity contribution in [1.29, 1.82) is 0 Å². The number of aromatic hydroxyl groups is 2.